The Kier molecular flexibility index (Phi) is 1.61. The second-order valence-electron chi connectivity index (χ2n) is 5.43. The van der Waals surface area contributed by atoms with Crippen LogP contribution in [0.2, 0.25) is 0 Å². The standard InChI is InChI=1S/C10H18ClN/c1-9(2)6-4-7(12)10(3,5-6)8(9)11/h6-8H,4-5,12H2,1-3H3/t6-,7-,8-,10-/m0/s1. The molecule has 0 spiro atoms. The molecule has 0 radical (unpaired) electrons. The zero-order chi connectivity index (χ0) is 9.15. The van der Waals surface area contributed by atoms with E-state index in [-0.39, 0.29) is 10.8 Å². The van der Waals surface area contributed by atoms with Gasteiger partial charge in [0, 0.05) is 11.4 Å². The minimum Gasteiger partial charge on any atom is -0.327 e. The van der Waals surface area contributed by atoms with E-state index in [4.69, 9.17) is 17.3 Å². The molecule has 1 nitrogen and oxygen atoms in total. The van der Waals surface area contributed by atoms with Crippen molar-refractivity contribution in [2.75, 3.05) is 0 Å². The molecule has 2 heteroatoms. The van der Waals surface area contributed by atoms with Crippen molar-refractivity contribution in [3.63, 3.8) is 0 Å². The number of hydrogen-bond donors (Lipinski definition) is 1. The largest absolute Gasteiger partial charge is 0.327 e. The summed E-state index contributed by atoms with van der Waals surface area (Å²) in [4.78, 5) is 0. The Hall–Kier alpha value is 0.250. The first-order chi connectivity index (χ1) is 5.39. The molecule has 2 bridgehead atoms. The Morgan fingerprint density at radius 1 is 1.33 bits per heavy atom. The highest BCUT2D eigenvalue weighted by molar-refractivity contribution is 6.22. The van der Waals surface area contributed by atoms with Gasteiger partial charge in [0.25, 0.3) is 0 Å². The fourth-order valence-electron chi connectivity index (χ4n) is 3.26. The minimum atomic E-state index is 0.204. The normalized spacial score (nSPS) is 56.2. The predicted molar refractivity (Wildman–Crippen MR) is 52.2 cm³/mol. The van der Waals surface area contributed by atoms with E-state index in [9.17, 15) is 0 Å². The lowest BCUT2D eigenvalue weighted by Crippen LogP contribution is -2.48. The molecular weight excluding hydrogens is 170 g/mol. The van der Waals surface area contributed by atoms with E-state index < -0.39 is 0 Å². The van der Waals surface area contributed by atoms with Gasteiger partial charge in [0.05, 0.1) is 0 Å². The van der Waals surface area contributed by atoms with Gasteiger partial charge in [0.1, 0.15) is 0 Å². The van der Waals surface area contributed by atoms with Crippen LogP contribution in [0.1, 0.15) is 33.6 Å². The summed E-state index contributed by atoms with van der Waals surface area (Å²) >= 11 is 6.46. The summed E-state index contributed by atoms with van der Waals surface area (Å²) in [7, 11) is 0. The van der Waals surface area contributed by atoms with Gasteiger partial charge in [-0.3, -0.25) is 0 Å². The Morgan fingerprint density at radius 2 is 1.92 bits per heavy atom. The first kappa shape index (κ1) is 8.83. The maximum Gasteiger partial charge on any atom is 0.0458 e. The van der Waals surface area contributed by atoms with Gasteiger partial charge in [-0.1, -0.05) is 20.8 Å². The van der Waals surface area contributed by atoms with Crippen molar-refractivity contribution in [1.82, 2.24) is 0 Å². The lowest BCUT2D eigenvalue weighted by atomic mass is 9.70. The average molecular weight is 188 g/mol. The van der Waals surface area contributed by atoms with Crippen molar-refractivity contribution in [3.8, 4) is 0 Å². The molecule has 0 amide bonds. The molecule has 0 aromatic heterocycles. The zero-order valence-corrected chi connectivity index (χ0v) is 8.86. The van der Waals surface area contributed by atoms with Crippen LogP contribution in [-0.4, -0.2) is 11.4 Å². The van der Waals surface area contributed by atoms with Crippen LogP contribution >= 0.6 is 11.6 Å². The lowest BCUT2D eigenvalue weighted by Gasteiger charge is -2.42. The molecule has 2 aliphatic carbocycles. The Morgan fingerprint density at radius 3 is 2.25 bits per heavy atom. The first-order valence-electron chi connectivity index (χ1n) is 4.78. The van der Waals surface area contributed by atoms with E-state index in [1.54, 1.807) is 0 Å². The van der Waals surface area contributed by atoms with Crippen LogP contribution in [0.3, 0.4) is 0 Å². The van der Waals surface area contributed by atoms with Gasteiger partial charge < -0.3 is 5.73 Å². The molecular formula is C10H18ClN. The first-order valence-corrected chi connectivity index (χ1v) is 5.22. The monoisotopic (exact) mass is 187 g/mol. The molecule has 12 heavy (non-hydrogen) atoms. The summed E-state index contributed by atoms with van der Waals surface area (Å²) in [6.45, 7) is 6.82. The molecule has 70 valence electrons. The maximum atomic E-state index is 6.46. The molecule has 0 saturated heterocycles. The predicted octanol–water partition coefficient (Wildman–Crippen LogP) is 2.38. The van der Waals surface area contributed by atoms with Gasteiger partial charge >= 0.3 is 0 Å². The molecule has 2 rings (SSSR count). The quantitative estimate of drug-likeness (QED) is 0.579. The van der Waals surface area contributed by atoms with Crippen LogP contribution in [0.4, 0.5) is 0 Å². The SMILES string of the molecule is CC1(C)[C@H]2C[C@H](N)[C@](C)(C2)[C@H]1Cl. The van der Waals surface area contributed by atoms with Crippen molar-refractivity contribution in [2.45, 2.75) is 45.0 Å². The third-order valence-corrected chi connectivity index (χ3v) is 5.42. The number of rotatable bonds is 0. The van der Waals surface area contributed by atoms with E-state index in [0.29, 0.717) is 11.5 Å². The molecule has 0 aromatic rings. The fourth-order valence-corrected chi connectivity index (χ4v) is 3.69. The summed E-state index contributed by atoms with van der Waals surface area (Å²) in [5.74, 6) is 0.750. The third kappa shape index (κ3) is 0.793. The molecule has 2 saturated carbocycles. The van der Waals surface area contributed by atoms with E-state index in [0.717, 1.165) is 5.92 Å². The summed E-state index contributed by atoms with van der Waals surface area (Å²) in [5, 5.41) is 0.263. The number of halogens is 1. The van der Waals surface area contributed by atoms with Crippen molar-refractivity contribution in [2.24, 2.45) is 22.5 Å². The second kappa shape index (κ2) is 2.19. The highest BCUT2D eigenvalue weighted by atomic mass is 35.5. The van der Waals surface area contributed by atoms with Gasteiger partial charge in [-0.05, 0) is 29.6 Å². The Bertz CT molecular complexity index is 214. The zero-order valence-electron chi connectivity index (χ0n) is 8.10. The molecule has 0 aromatic carbocycles. The van der Waals surface area contributed by atoms with Crippen LogP contribution in [0.15, 0.2) is 0 Å². The van der Waals surface area contributed by atoms with Crippen LogP contribution < -0.4 is 5.73 Å². The Labute approximate surface area is 79.7 Å². The molecule has 2 N–H and O–H groups in total. The van der Waals surface area contributed by atoms with Gasteiger partial charge in [0.15, 0.2) is 0 Å². The van der Waals surface area contributed by atoms with Crippen molar-refractivity contribution in [3.05, 3.63) is 0 Å². The molecule has 0 aliphatic heterocycles. The maximum absolute atomic E-state index is 6.46. The fraction of sp³-hybridized carbons (Fsp3) is 1.00. The molecule has 2 aliphatic rings. The molecule has 0 unspecified atom stereocenters. The van der Waals surface area contributed by atoms with Crippen molar-refractivity contribution < 1.29 is 0 Å². The van der Waals surface area contributed by atoms with Gasteiger partial charge in [0.2, 0.25) is 0 Å². The summed E-state index contributed by atoms with van der Waals surface area (Å²) in [6.07, 6.45) is 2.40. The van der Waals surface area contributed by atoms with Gasteiger partial charge in [-0.15, -0.1) is 11.6 Å². The molecule has 0 heterocycles. The summed E-state index contributed by atoms with van der Waals surface area (Å²) in [6, 6.07) is 0.332. The van der Waals surface area contributed by atoms with E-state index in [1.165, 1.54) is 12.8 Å². The summed E-state index contributed by atoms with van der Waals surface area (Å²) < 4.78 is 0. The van der Waals surface area contributed by atoms with Crippen LogP contribution in [0.5, 0.6) is 0 Å². The summed E-state index contributed by atoms with van der Waals surface area (Å²) in [5.41, 5.74) is 6.58. The van der Waals surface area contributed by atoms with E-state index in [2.05, 4.69) is 20.8 Å². The van der Waals surface area contributed by atoms with Gasteiger partial charge in [-0.25, -0.2) is 0 Å². The smallest absolute Gasteiger partial charge is 0.0458 e. The molecule has 4 atom stereocenters. The Balaban J connectivity index is 2.36. The highest BCUT2D eigenvalue weighted by Gasteiger charge is 2.62. The number of nitrogens with two attached hydrogens (primary N) is 1. The number of fused-ring (bicyclic) bond motifs is 2. The van der Waals surface area contributed by atoms with Crippen LogP contribution in [0.25, 0.3) is 0 Å². The third-order valence-electron chi connectivity index (χ3n) is 4.36. The minimum absolute atomic E-state index is 0.204. The van der Waals surface area contributed by atoms with E-state index >= 15 is 0 Å². The van der Waals surface area contributed by atoms with E-state index in [1.807, 2.05) is 0 Å². The molecule has 2 fully saturated rings. The number of hydrogen-bond acceptors (Lipinski definition) is 1. The van der Waals surface area contributed by atoms with Crippen LogP contribution in [0, 0.1) is 16.7 Å². The van der Waals surface area contributed by atoms with Crippen molar-refractivity contribution in [1.29, 1.82) is 0 Å². The topological polar surface area (TPSA) is 26.0 Å². The average Bonchev–Trinajstić information content (AvgIpc) is 2.34. The highest BCUT2D eigenvalue weighted by Crippen LogP contribution is 2.63. The lowest BCUT2D eigenvalue weighted by molar-refractivity contribution is 0.167. The number of alkyl halides is 1. The van der Waals surface area contributed by atoms with Gasteiger partial charge in [-0.2, -0.15) is 0 Å². The van der Waals surface area contributed by atoms with Crippen molar-refractivity contribution >= 4 is 11.6 Å². The second-order valence-corrected chi connectivity index (χ2v) is 5.87. The van der Waals surface area contributed by atoms with Crippen LogP contribution in [-0.2, 0) is 0 Å².